The Kier molecular flexibility index (Phi) is 10.3. The molecule has 0 aliphatic heterocycles. The number of rotatable bonds is 11. The van der Waals surface area contributed by atoms with Crippen molar-refractivity contribution in [1.82, 2.24) is 0 Å². The molecule has 0 aromatic heterocycles. The number of alkyl halides is 2. The van der Waals surface area contributed by atoms with Crippen LogP contribution in [0.3, 0.4) is 0 Å². The molecular formula is C32H20F12O2. The number of hydrogen-bond acceptors (Lipinski definition) is 2. The number of hydrogen-bond donors (Lipinski definition) is 0. The zero-order valence-corrected chi connectivity index (χ0v) is 23.4. The van der Waals surface area contributed by atoms with Gasteiger partial charge in [0.05, 0.1) is 11.1 Å². The second-order valence-electron chi connectivity index (χ2n) is 9.88. The van der Waals surface area contributed by atoms with Crippen molar-refractivity contribution in [3.63, 3.8) is 0 Å². The van der Waals surface area contributed by atoms with Gasteiger partial charge in [-0.15, -0.1) is 0 Å². The maximum atomic E-state index is 15.1. The van der Waals surface area contributed by atoms with Crippen LogP contribution in [0.15, 0.2) is 60.9 Å². The van der Waals surface area contributed by atoms with E-state index in [1.54, 1.807) is 0 Å². The lowest BCUT2D eigenvalue weighted by Crippen LogP contribution is -2.25. The molecule has 0 heterocycles. The van der Waals surface area contributed by atoms with Crippen molar-refractivity contribution in [2.24, 2.45) is 0 Å². The van der Waals surface area contributed by atoms with Crippen LogP contribution in [0.25, 0.3) is 22.3 Å². The van der Waals surface area contributed by atoms with Gasteiger partial charge in [-0.05, 0) is 65.9 Å². The quantitative estimate of drug-likeness (QED) is 0.0903. The molecule has 244 valence electrons. The summed E-state index contributed by atoms with van der Waals surface area (Å²) in [4.78, 5) is 0. The number of benzene rings is 4. The second-order valence-corrected chi connectivity index (χ2v) is 9.88. The lowest BCUT2D eigenvalue weighted by atomic mass is 9.95. The standard InChI is InChI=1S/C32H20F12O2/c1-2-3-4-5-15-6-19(33)28(20(34)7-15)16-8-21(35)29(22(36)9-16)17-10-23(37)30(24(38)11-17)32(43,44)46-18-12-25(39)31(26(40)13-18)45-14-27(41)42/h6-14H,2-5H2,1H3. The van der Waals surface area contributed by atoms with Crippen molar-refractivity contribution in [2.75, 3.05) is 0 Å². The normalized spacial score (nSPS) is 11.5. The Morgan fingerprint density at radius 3 is 1.54 bits per heavy atom. The van der Waals surface area contributed by atoms with Crippen molar-refractivity contribution in [1.29, 1.82) is 0 Å². The minimum Gasteiger partial charge on any atom is -0.453 e. The van der Waals surface area contributed by atoms with E-state index in [1.165, 1.54) is 0 Å². The molecule has 0 saturated carbocycles. The van der Waals surface area contributed by atoms with Gasteiger partial charge < -0.3 is 9.47 Å². The van der Waals surface area contributed by atoms with Gasteiger partial charge in [-0.3, -0.25) is 0 Å². The van der Waals surface area contributed by atoms with Gasteiger partial charge >= 0.3 is 12.2 Å². The fourth-order valence-corrected chi connectivity index (χ4v) is 4.62. The second kappa shape index (κ2) is 13.8. The van der Waals surface area contributed by atoms with Crippen molar-refractivity contribution >= 4 is 0 Å². The SMILES string of the molecule is CCCCCc1cc(F)c(-c2cc(F)c(-c3cc(F)c(C(F)(F)Oc4cc(F)c(OC=C(F)F)c(F)c4)c(F)c3)c(F)c2)c(F)c1. The number of ether oxygens (including phenoxy) is 2. The maximum Gasteiger partial charge on any atom is 0.432 e. The van der Waals surface area contributed by atoms with E-state index in [4.69, 9.17) is 0 Å². The lowest BCUT2D eigenvalue weighted by Gasteiger charge is -2.20. The average molecular weight is 664 g/mol. The van der Waals surface area contributed by atoms with Crippen LogP contribution in [0.2, 0.25) is 0 Å². The topological polar surface area (TPSA) is 18.5 Å². The highest BCUT2D eigenvalue weighted by Gasteiger charge is 2.42. The molecule has 0 amide bonds. The maximum absolute atomic E-state index is 15.1. The molecular weight excluding hydrogens is 644 g/mol. The van der Waals surface area contributed by atoms with Gasteiger partial charge in [0.15, 0.2) is 23.6 Å². The zero-order chi connectivity index (χ0) is 33.9. The van der Waals surface area contributed by atoms with E-state index in [9.17, 15) is 43.9 Å². The Morgan fingerprint density at radius 2 is 1.09 bits per heavy atom. The molecule has 0 unspecified atom stereocenters. The Labute approximate surface area is 253 Å². The summed E-state index contributed by atoms with van der Waals surface area (Å²) in [6, 6.07) is 3.34. The van der Waals surface area contributed by atoms with Crippen LogP contribution in [0.1, 0.15) is 37.3 Å². The molecule has 0 aliphatic rings. The summed E-state index contributed by atoms with van der Waals surface area (Å²) in [6.45, 7) is 1.94. The summed E-state index contributed by atoms with van der Waals surface area (Å²) < 4.78 is 180. The highest BCUT2D eigenvalue weighted by Crippen LogP contribution is 2.40. The highest BCUT2D eigenvalue weighted by molar-refractivity contribution is 5.73. The van der Waals surface area contributed by atoms with Gasteiger partial charge in [-0.1, -0.05) is 19.8 Å². The van der Waals surface area contributed by atoms with Crippen LogP contribution in [0, 0.1) is 46.5 Å². The molecule has 2 nitrogen and oxygen atoms in total. The Morgan fingerprint density at radius 1 is 0.630 bits per heavy atom. The molecule has 46 heavy (non-hydrogen) atoms. The average Bonchev–Trinajstić information content (AvgIpc) is 2.91. The highest BCUT2D eigenvalue weighted by atomic mass is 19.3. The molecule has 0 saturated heterocycles. The van der Waals surface area contributed by atoms with Crippen molar-refractivity contribution < 1.29 is 62.2 Å². The molecule has 0 fully saturated rings. The molecule has 0 aliphatic carbocycles. The van der Waals surface area contributed by atoms with Gasteiger partial charge in [-0.25, -0.2) is 35.1 Å². The predicted octanol–water partition coefficient (Wildman–Crippen LogP) is 11.1. The summed E-state index contributed by atoms with van der Waals surface area (Å²) in [7, 11) is 0. The lowest BCUT2D eigenvalue weighted by molar-refractivity contribution is -0.189. The van der Waals surface area contributed by atoms with Crippen LogP contribution in [0.5, 0.6) is 11.5 Å². The minimum absolute atomic E-state index is 0.0540. The van der Waals surface area contributed by atoms with E-state index in [1.807, 2.05) is 6.92 Å². The third-order valence-corrected chi connectivity index (χ3v) is 6.61. The number of aryl methyl sites for hydroxylation is 1. The smallest absolute Gasteiger partial charge is 0.432 e. The van der Waals surface area contributed by atoms with Gasteiger partial charge in [-0.2, -0.15) is 17.6 Å². The van der Waals surface area contributed by atoms with Gasteiger partial charge in [0.25, 0.3) is 0 Å². The van der Waals surface area contributed by atoms with Crippen LogP contribution in [-0.2, 0) is 12.5 Å². The zero-order valence-electron chi connectivity index (χ0n) is 23.4. The number of halogens is 12. The van der Waals surface area contributed by atoms with E-state index in [-0.39, 0.29) is 30.5 Å². The molecule has 0 N–H and O–H groups in total. The Bertz CT molecular complexity index is 1710. The van der Waals surface area contributed by atoms with E-state index in [0.717, 1.165) is 25.0 Å². The third kappa shape index (κ3) is 7.43. The van der Waals surface area contributed by atoms with E-state index < -0.39 is 98.0 Å². The Hall–Kier alpha value is -4.62. The fourth-order valence-electron chi connectivity index (χ4n) is 4.62. The number of unbranched alkanes of at least 4 members (excludes halogenated alkanes) is 2. The van der Waals surface area contributed by atoms with Crippen LogP contribution in [-0.4, -0.2) is 0 Å². The summed E-state index contributed by atoms with van der Waals surface area (Å²) in [6.07, 6.45) is -5.13. The predicted molar refractivity (Wildman–Crippen MR) is 142 cm³/mol. The van der Waals surface area contributed by atoms with Gasteiger partial charge in [0.2, 0.25) is 0 Å². The minimum atomic E-state index is -4.99. The van der Waals surface area contributed by atoms with Gasteiger partial charge in [0.1, 0.15) is 46.2 Å². The molecule has 0 bridgehead atoms. The van der Waals surface area contributed by atoms with E-state index in [0.29, 0.717) is 30.5 Å². The largest absolute Gasteiger partial charge is 0.453 e. The third-order valence-electron chi connectivity index (χ3n) is 6.61. The molecule has 14 heteroatoms. The van der Waals surface area contributed by atoms with Crippen molar-refractivity contribution in [2.45, 2.75) is 38.7 Å². The summed E-state index contributed by atoms with van der Waals surface area (Å²) in [5.74, 6) is -15.9. The molecule has 4 aromatic rings. The van der Waals surface area contributed by atoms with Crippen LogP contribution >= 0.6 is 0 Å². The monoisotopic (exact) mass is 664 g/mol. The van der Waals surface area contributed by atoms with Crippen LogP contribution in [0.4, 0.5) is 52.7 Å². The fraction of sp³-hybridized carbons (Fsp3) is 0.188. The molecule has 0 spiro atoms. The van der Waals surface area contributed by atoms with Crippen LogP contribution < -0.4 is 9.47 Å². The molecule has 0 atom stereocenters. The summed E-state index contributed by atoms with van der Waals surface area (Å²) in [5, 5.41) is 0. The molecule has 4 aromatic carbocycles. The first-order valence-corrected chi connectivity index (χ1v) is 13.3. The Balaban J connectivity index is 1.65. The summed E-state index contributed by atoms with van der Waals surface area (Å²) >= 11 is 0. The molecule has 4 rings (SSSR count). The first-order chi connectivity index (χ1) is 21.6. The van der Waals surface area contributed by atoms with Gasteiger partial charge in [0, 0.05) is 12.1 Å². The first-order valence-electron chi connectivity index (χ1n) is 13.3. The van der Waals surface area contributed by atoms with Crippen molar-refractivity contribution in [3.05, 3.63) is 119 Å². The summed E-state index contributed by atoms with van der Waals surface area (Å²) in [5.41, 5.74) is -5.23. The van der Waals surface area contributed by atoms with E-state index in [2.05, 4.69) is 9.47 Å². The molecule has 0 radical (unpaired) electrons. The first kappa shape index (κ1) is 34.3. The van der Waals surface area contributed by atoms with Crippen molar-refractivity contribution in [3.8, 4) is 33.8 Å². The van der Waals surface area contributed by atoms with E-state index >= 15 is 8.78 Å².